The van der Waals surface area contributed by atoms with Crippen molar-refractivity contribution in [2.75, 3.05) is 39.8 Å². The number of nitrogens with one attached hydrogen (secondary N) is 1. The second kappa shape index (κ2) is 7.00. The maximum Gasteiger partial charge on any atom is 0.254 e. The van der Waals surface area contributed by atoms with Crippen molar-refractivity contribution in [2.24, 2.45) is 0 Å². The van der Waals surface area contributed by atoms with E-state index in [2.05, 4.69) is 21.2 Å². The maximum absolute atomic E-state index is 13.2. The van der Waals surface area contributed by atoms with E-state index in [0.717, 1.165) is 13.1 Å². The van der Waals surface area contributed by atoms with Gasteiger partial charge in [0.15, 0.2) is 0 Å². The van der Waals surface area contributed by atoms with E-state index in [9.17, 15) is 14.0 Å². The number of carbonyl (C=O) groups is 2. The van der Waals surface area contributed by atoms with Crippen molar-refractivity contribution in [3.63, 3.8) is 0 Å². The topological polar surface area (TPSA) is 52.7 Å². The first-order valence-electron chi connectivity index (χ1n) is 6.68. The molecule has 1 saturated heterocycles. The van der Waals surface area contributed by atoms with Gasteiger partial charge in [0.2, 0.25) is 5.91 Å². The molecule has 21 heavy (non-hydrogen) atoms. The average molecular weight is 358 g/mol. The first-order valence-corrected chi connectivity index (χ1v) is 7.47. The predicted molar refractivity (Wildman–Crippen MR) is 80.5 cm³/mol. The Labute approximate surface area is 131 Å². The molecule has 1 aliphatic heterocycles. The van der Waals surface area contributed by atoms with E-state index in [0.29, 0.717) is 18.7 Å². The zero-order valence-corrected chi connectivity index (χ0v) is 13.3. The minimum Gasteiger partial charge on any atom is -0.339 e. The van der Waals surface area contributed by atoms with Crippen LogP contribution in [0.4, 0.5) is 4.39 Å². The van der Waals surface area contributed by atoms with Gasteiger partial charge in [-0.2, -0.15) is 0 Å². The van der Waals surface area contributed by atoms with Gasteiger partial charge in [0.1, 0.15) is 5.82 Å². The van der Waals surface area contributed by atoms with Crippen LogP contribution in [-0.2, 0) is 4.79 Å². The molecule has 5 nitrogen and oxygen atoms in total. The molecule has 0 unspecified atom stereocenters. The third-order valence-corrected chi connectivity index (χ3v) is 3.96. The number of likely N-dealkylation sites (N-methyl/N-ethyl adjacent to an activating group) is 1. The molecule has 0 atom stereocenters. The van der Waals surface area contributed by atoms with Crippen LogP contribution in [0.15, 0.2) is 22.7 Å². The summed E-state index contributed by atoms with van der Waals surface area (Å²) < 4.78 is 13.4. The van der Waals surface area contributed by atoms with Crippen molar-refractivity contribution in [3.8, 4) is 0 Å². The second-order valence-corrected chi connectivity index (χ2v) is 5.78. The Morgan fingerprint density at radius 1 is 1.38 bits per heavy atom. The lowest BCUT2D eigenvalue weighted by Gasteiger charge is -2.29. The summed E-state index contributed by atoms with van der Waals surface area (Å²) in [7, 11) is 1.57. The van der Waals surface area contributed by atoms with Crippen molar-refractivity contribution in [3.05, 3.63) is 34.1 Å². The lowest BCUT2D eigenvalue weighted by molar-refractivity contribution is -0.132. The van der Waals surface area contributed by atoms with E-state index in [1.54, 1.807) is 11.9 Å². The first-order chi connectivity index (χ1) is 9.99. The Balaban J connectivity index is 1.98. The van der Waals surface area contributed by atoms with Crippen LogP contribution >= 0.6 is 15.9 Å². The van der Waals surface area contributed by atoms with Crippen molar-refractivity contribution < 1.29 is 14.0 Å². The summed E-state index contributed by atoms with van der Waals surface area (Å²) in [6, 6.07) is 4.06. The van der Waals surface area contributed by atoms with Gasteiger partial charge >= 0.3 is 0 Å². The third kappa shape index (κ3) is 4.01. The minimum absolute atomic E-state index is 0.0217. The Hall–Kier alpha value is -1.47. The number of piperazine rings is 1. The van der Waals surface area contributed by atoms with E-state index in [1.165, 1.54) is 23.1 Å². The molecule has 1 aromatic rings. The summed E-state index contributed by atoms with van der Waals surface area (Å²) in [5.74, 6) is -0.807. The molecule has 1 aliphatic rings. The van der Waals surface area contributed by atoms with Crippen LogP contribution in [0.3, 0.4) is 0 Å². The number of carbonyl (C=O) groups excluding carboxylic acids is 2. The molecular formula is C14H17BrFN3O2. The molecule has 0 aliphatic carbocycles. The van der Waals surface area contributed by atoms with Crippen LogP contribution in [-0.4, -0.2) is 61.4 Å². The molecule has 1 N–H and O–H groups in total. The van der Waals surface area contributed by atoms with Gasteiger partial charge in [-0.15, -0.1) is 0 Å². The molecule has 0 spiro atoms. The van der Waals surface area contributed by atoms with Crippen molar-refractivity contribution in [1.82, 2.24) is 15.1 Å². The van der Waals surface area contributed by atoms with Crippen molar-refractivity contribution in [2.45, 2.75) is 0 Å². The van der Waals surface area contributed by atoms with Crippen LogP contribution in [0.25, 0.3) is 0 Å². The molecule has 0 bridgehead atoms. The Kier molecular flexibility index (Phi) is 5.30. The summed E-state index contributed by atoms with van der Waals surface area (Å²) >= 11 is 3.05. The summed E-state index contributed by atoms with van der Waals surface area (Å²) in [5, 5.41) is 3.17. The zero-order valence-electron chi connectivity index (χ0n) is 11.7. The normalized spacial score (nSPS) is 14.9. The van der Waals surface area contributed by atoms with E-state index >= 15 is 0 Å². The van der Waals surface area contributed by atoms with Gasteiger partial charge in [-0.25, -0.2) is 4.39 Å². The predicted octanol–water partition coefficient (Wildman–Crippen LogP) is 1.09. The van der Waals surface area contributed by atoms with Crippen molar-refractivity contribution in [1.29, 1.82) is 0 Å². The van der Waals surface area contributed by atoms with Crippen LogP contribution in [0.1, 0.15) is 10.4 Å². The Morgan fingerprint density at radius 2 is 2.05 bits per heavy atom. The molecule has 1 fully saturated rings. The molecule has 2 rings (SSSR count). The van der Waals surface area contributed by atoms with Gasteiger partial charge in [0, 0.05) is 38.8 Å². The Morgan fingerprint density at radius 3 is 2.67 bits per heavy atom. The van der Waals surface area contributed by atoms with Crippen LogP contribution < -0.4 is 5.32 Å². The molecule has 0 radical (unpaired) electrons. The van der Waals surface area contributed by atoms with E-state index in [1.807, 2.05) is 0 Å². The molecule has 1 heterocycles. The van der Waals surface area contributed by atoms with Gasteiger partial charge in [0.25, 0.3) is 5.91 Å². The molecular weight excluding hydrogens is 341 g/mol. The average Bonchev–Trinajstić information content (AvgIpc) is 2.50. The number of hydrogen-bond donors (Lipinski definition) is 1. The van der Waals surface area contributed by atoms with Gasteiger partial charge < -0.3 is 15.1 Å². The fourth-order valence-electron chi connectivity index (χ4n) is 2.14. The fraction of sp³-hybridized carbons (Fsp3) is 0.429. The van der Waals surface area contributed by atoms with Crippen LogP contribution in [0.5, 0.6) is 0 Å². The summed E-state index contributed by atoms with van der Waals surface area (Å²) in [6.45, 7) is 2.88. The lowest BCUT2D eigenvalue weighted by Crippen LogP contribution is -2.49. The SMILES string of the molecule is CN(CC(=O)N1CCNCC1)C(=O)c1ccc(F)c(Br)c1. The van der Waals surface area contributed by atoms with Gasteiger partial charge in [-0.1, -0.05) is 0 Å². The number of nitrogens with zero attached hydrogens (tertiary/aromatic N) is 2. The number of hydrogen-bond acceptors (Lipinski definition) is 3. The van der Waals surface area contributed by atoms with E-state index in [-0.39, 0.29) is 22.8 Å². The van der Waals surface area contributed by atoms with E-state index in [4.69, 9.17) is 0 Å². The highest BCUT2D eigenvalue weighted by Crippen LogP contribution is 2.17. The summed E-state index contributed by atoms with van der Waals surface area (Å²) in [6.07, 6.45) is 0. The molecule has 114 valence electrons. The van der Waals surface area contributed by atoms with Crippen molar-refractivity contribution >= 4 is 27.7 Å². The quantitative estimate of drug-likeness (QED) is 0.880. The molecule has 1 aromatic carbocycles. The van der Waals surface area contributed by atoms with Gasteiger partial charge in [0.05, 0.1) is 11.0 Å². The number of halogens is 2. The van der Waals surface area contributed by atoms with Crippen LogP contribution in [0, 0.1) is 5.82 Å². The van der Waals surface area contributed by atoms with Crippen LogP contribution in [0.2, 0.25) is 0 Å². The number of rotatable bonds is 3. The molecule has 0 aromatic heterocycles. The molecule has 0 saturated carbocycles. The van der Waals surface area contributed by atoms with Gasteiger partial charge in [-0.05, 0) is 34.1 Å². The minimum atomic E-state index is -0.425. The number of benzene rings is 1. The third-order valence-electron chi connectivity index (χ3n) is 3.36. The van der Waals surface area contributed by atoms with E-state index < -0.39 is 5.82 Å². The highest BCUT2D eigenvalue weighted by Gasteiger charge is 2.21. The second-order valence-electron chi connectivity index (χ2n) is 4.92. The highest BCUT2D eigenvalue weighted by molar-refractivity contribution is 9.10. The monoisotopic (exact) mass is 357 g/mol. The fourth-order valence-corrected chi connectivity index (χ4v) is 2.52. The number of amides is 2. The largest absolute Gasteiger partial charge is 0.339 e. The smallest absolute Gasteiger partial charge is 0.254 e. The molecule has 2 amide bonds. The Bertz CT molecular complexity index is 547. The lowest BCUT2D eigenvalue weighted by atomic mass is 10.2. The summed E-state index contributed by atoms with van der Waals surface area (Å²) in [4.78, 5) is 27.4. The maximum atomic E-state index is 13.2. The standard InChI is InChI=1S/C14H17BrFN3O2/c1-18(9-13(20)19-6-4-17-5-7-19)14(21)10-2-3-12(16)11(15)8-10/h2-3,8,17H,4-7,9H2,1H3. The summed E-state index contributed by atoms with van der Waals surface area (Å²) in [5.41, 5.74) is 0.346. The first kappa shape index (κ1) is 15.9. The van der Waals surface area contributed by atoms with Gasteiger partial charge in [-0.3, -0.25) is 9.59 Å². The molecule has 7 heteroatoms. The zero-order chi connectivity index (χ0) is 15.4. The highest BCUT2D eigenvalue weighted by atomic mass is 79.9.